The van der Waals surface area contributed by atoms with E-state index in [2.05, 4.69) is 10.6 Å². The van der Waals surface area contributed by atoms with Crippen LogP contribution in [0.15, 0.2) is 0 Å². The Hall–Kier alpha value is -2.62. The smallest absolute Gasteiger partial charge is 0.414 e. The van der Waals surface area contributed by atoms with Crippen LogP contribution in [-0.4, -0.2) is 49.2 Å². The zero-order valence-electron chi connectivity index (χ0n) is 14.1. The number of amides is 4. The van der Waals surface area contributed by atoms with E-state index >= 15 is 0 Å². The fourth-order valence-corrected chi connectivity index (χ4v) is 3.81. The summed E-state index contributed by atoms with van der Waals surface area (Å²) in [4.78, 5) is 49.4. The van der Waals surface area contributed by atoms with E-state index in [0.29, 0.717) is 23.5 Å². The molecule has 0 spiro atoms. The number of carbonyl (C=O) groups excluding carboxylic acids is 4. The lowest BCUT2D eigenvalue weighted by molar-refractivity contribution is -0.114. The molecule has 2 rings (SSSR count). The van der Waals surface area contributed by atoms with E-state index in [1.807, 2.05) is 0 Å². The van der Waals surface area contributed by atoms with Gasteiger partial charge in [-0.25, -0.2) is 9.59 Å². The van der Waals surface area contributed by atoms with Crippen LogP contribution in [0.5, 0.6) is 0 Å². The zero-order valence-corrected chi connectivity index (χ0v) is 14.9. The molecule has 25 heavy (non-hydrogen) atoms. The van der Waals surface area contributed by atoms with Crippen molar-refractivity contribution in [2.75, 3.05) is 25.6 Å². The van der Waals surface area contributed by atoms with Crippen molar-refractivity contribution in [1.82, 2.24) is 10.2 Å². The number of ether oxygens (including phenoxy) is 2. The quantitative estimate of drug-likeness (QED) is 0.838. The number of hydrogen-bond donors (Lipinski definition) is 2. The molecule has 0 radical (unpaired) electrons. The minimum Gasteiger partial charge on any atom is -0.453 e. The van der Waals surface area contributed by atoms with Crippen molar-refractivity contribution in [2.24, 2.45) is 0 Å². The molecule has 1 aromatic rings. The number of nitrogens with zero attached hydrogens (tertiary/aromatic N) is 1. The predicted molar refractivity (Wildman–Crippen MR) is 89.6 cm³/mol. The van der Waals surface area contributed by atoms with Crippen LogP contribution in [0.3, 0.4) is 0 Å². The number of hydrogen-bond acceptors (Lipinski definition) is 7. The van der Waals surface area contributed by atoms with Gasteiger partial charge in [-0.2, -0.15) is 0 Å². The van der Waals surface area contributed by atoms with Crippen molar-refractivity contribution in [3.05, 3.63) is 16.0 Å². The highest BCUT2D eigenvalue weighted by Crippen LogP contribution is 2.37. The standard InChI is InChI=1S/C15H19N3O6S/c1-4-24-14(21)17-12(20)11-9-5-6-18(15(22)23-3)7-10(9)25-13(11)16-8(2)19/h4-7H2,1-3H3,(H,16,19)(H,17,20,21). The van der Waals surface area contributed by atoms with Gasteiger partial charge in [0.05, 0.1) is 25.8 Å². The van der Waals surface area contributed by atoms with Crippen LogP contribution < -0.4 is 10.6 Å². The minimum absolute atomic E-state index is 0.132. The second-order valence-corrected chi connectivity index (χ2v) is 6.31. The van der Waals surface area contributed by atoms with Crippen LogP contribution in [0.4, 0.5) is 14.6 Å². The van der Waals surface area contributed by atoms with Crippen molar-refractivity contribution in [3.8, 4) is 0 Å². The number of thiophene rings is 1. The molecule has 0 bridgehead atoms. The van der Waals surface area contributed by atoms with E-state index in [9.17, 15) is 19.2 Å². The van der Waals surface area contributed by atoms with Crippen molar-refractivity contribution >= 4 is 40.3 Å². The average molecular weight is 369 g/mol. The van der Waals surface area contributed by atoms with Crippen LogP contribution >= 0.6 is 11.3 Å². The van der Waals surface area contributed by atoms with Gasteiger partial charge in [-0.05, 0) is 18.9 Å². The highest BCUT2D eigenvalue weighted by Gasteiger charge is 2.31. The molecule has 10 heteroatoms. The van der Waals surface area contributed by atoms with Crippen LogP contribution in [0, 0.1) is 0 Å². The third-order valence-electron chi connectivity index (χ3n) is 3.50. The van der Waals surface area contributed by atoms with Crippen molar-refractivity contribution in [2.45, 2.75) is 26.8 Å². The first kappa shape index (κ1) is 18.7. The molecule has 0 saturated carbocycles. The highest BCUT2D eigenvalue weighted by molar-refractivity contribution is 7.17. The average Bonchev–Trinajstić information content (AvgIpc) is 2.90. The molecule has 0 fully saturated rings. The normalized spacial score (nSPS) is 12.8. The molecule has 0 atom stereocenters. The second-order valence-electron chi connectivity index (χ2n) is 5.21. The van der Waals surface area contributed by atoms with E-state index in [0.717, 1.165) is 4.88 Å². The molecule has 1 aliphatic heterocycles. The maximum atomic E-state index is 12.5. The van der Waals surface area contributed by atoms with Crippen LogP contribution in [0.2, 0.25) is 0 Å². The number of rotatable bonds is 3. The molecule has 4 amide bonds. The predicted octanol–water partition coefficient (Wildman–Crippen LogP) is 1.72. The highest BCUT2D eigenvalue weighted by atomic mass is 32.1. The molecule has 0 unspecified atom stereocenters. The molecule has 0 saturated heterocycles. The van der Waals surface area contributed by atoms with Crippen molar-refractivity contribution in [1.29, 1.82) is 0 Å². The second kappa shape index (κ2) is 7.97. The summed E-state index contributed by atoms with van der Waals surface area (Å²) in [7, 11) is 1.30. The monoisotopic (exact) mass is 369 g/mol. The molecule has 0 aliphatic carbocycles. The first-order valence-electron chi connectivity index (χ1n) is 7.60. The number of methoxy groups -OCH3 is 1. The van der Waals surface area contributed by atoms with Gasteiger partial charge >= 0.3 is 12.2 Å². The number of fused-ring (bicyclic) bond motifs is 1. The van der Waals surface area contributed by atoms with Crippen LogP contribution in [0.1, 0.15) is 34.6 Å². The summed E-state index contributed by atoms with van der Waals surface area (Å²) in [6.07, 6.45) is -0.905. The Morgan fingerprint density at radius 1 is 1.28 bits per heavy atom. The molecule has 2 heterocycles. The molecule has 0 aromatic carbocycles. The van der Waals surface area contributed by atoms with Gasteiger partial charge in [0.25, 0.3) is 5.91 Å². The number of imide groups is 1. The Kier molecular flexibility index (Phi) is 5.97. The summed E-state index contributed by atoms with van der Waals surface area (Å²) in [6, 6.07) is 0. The minimum atomic E-state index is -0.853. The summed E-state index contributed by atoms with van der Waals surface area (Å²) in [5.41, 5.74) is 0.934. The first-order chi connectivity index (χ1) is 11.9. The van der Waals surface area contributed by atoms with Gasteiger partial charge in [-0.1, -0.05) is 0 Å². The molecular weight excluding hydrogens is 350 g/mol. The van der Waals surface area contributed by atoms with Gasteiger partial charge < -0.3 is 19.7 Å². The molecule has 1 aromatic heterocycles. The van der Waals surface area contributed by atoms with Crippen LogP contribution in [0.25, 0.3) is 0 Å². The van der Waals surface area contributed by atoms with Gasteiger partial charge in [0, 0.05) is 18.3 Å². The Morgan fingerprint density at radius 2 is 2.00 bits per heavy atom. The summed E-state index contributed by atoms with van der Waals surface area (Å²) in [5, 5.41) is 5.09. The maximum Gasteiger partial charge on any atom is 0.414 e. The first-order valence-corrected chi connectivity index (χ1v) is 8.42. The Bertz CT molecular complexity index is 714. The lowest BCUT2D eigenvalue weighted by Crippen LogP contribution is -2.36. The molecule has 9 nitrogen and oxygen atoms in total. The van der Waals surface area contributed by atoms with Gasteiger partial charge in [0.15, 0.2) is 0 Å². The summed E-state index contributed by atoms with van der Waals surface area (Å²) in [6.45, 7) is 3.72. The van der Waals surface area contributed by atoms with Gasteiger partial charge in [-0.3, -0.25) is 14.9 Å². The largest absolute Gasteiger partial charge is 0.453 e. The van der Waals surface area contributed by atoms with Crippen molar-refractivity contribution in [3.63, 3.8) is 0 Å². The van der Waals surface area contributed by atoms with E-state index < -0.39 is 18.1 Å². The van der Waals surface area contributed by atoms with Crippen molar-refractivity contribution < 1.29 is 28.7 Å². The maximum absolute atomic E-state index is 12.5. The number of carbonyl (C=O) groups is 4. The third kappa shape index (κ3) is 4.27. The lowest BCUT2D eigenvalue weighted by Gasteiger charge is -2.25. The number of anilines is 1. The Morgan fingerprint density at radius 3 is 2.60 bits per heavy atom. The van der Waals surface area contributed by atoms with E-state index in [1.54, 1.807) is 6.92 Å². The SMILES string of the molecule is CCOC(=O)NC(=O)c1c(NC(C)=O)sc2c1CCN(C(=O)OC)C2. The van der Waals surface area contributed by atoms with E-state index in [1.165, 1.54) is 30.3 Å². The summed E-state index contributed by atoms with van der Waals surface area (Å²) < 4.78 is 9.43. The van der Waals surface area contributed by atoms with Crippen LogP contribution in [-0.2, 0) is 27.2 Å². The Balaban J connectivity index is 2.33. The molecular formula is C15H19N3O6S. The molecule has 2 N–H and O–H groups in total. The summed E-state index contributed by atoms with van der Waals surface area (Å²) >= 11 is 1.20. The number of nitrogens with one attached hydrogen (secondary N) is 2. The van der Waals surface area contributed by atoms with Gasteiger partial charge in [0.2, 0.25) is 5.91 Å². The number of alkyl carbamates (subject to hydrolysis) is 1. The third-order valence-corrected chi connectivity index (χ3v) is 4.63. The van der Waals surface area contributed by atoms with E-state index in [-0.39, 0.29) is 24.6 Å². The lowest BCUT2D eigenvalue weighted by atomic mass is 10.0. The Labute approximate surface area is 148 Å². The van der Waals surface area contributed by atoms with Gasteiger partial charge in [-0.15, -0.1) is 11.3 Å². The molecule has 136 valence electrons. The van der Waals surface area contributed by atoms with E-state index in [4.69, 9.17) is 9.47 Å². The fraction of sp³-hybridized carbons (Fsp3) is 0.467. The molecule has 1 aliphatic rings. The zero-order chi connectivity index (χ0) is 18.6. The van der Waals surface area contributed by atoms with Gasteiger partial charge in [0.1, 0.15) is 5.00 Å². The fourth-order valence-electron chi connectivity index (χ4n) is 2.50. The topological polar surface area (TPSA) is 114 Å². The summed E-state index contributed by atoms with van der Waals surface area (Å²) in [5.74, 6) is -0.986.